The van der Waals surface area contributed by atoms with Gasteiger partial charge in [-0.2, -0.15) is 0 Å². The van der Waals surface area contributed by atoms with Crippen LogP contribution in [0.3, 0.4) is 0 Å². The van der Waals surface area contributed by atoms with Crippen LogP contribution in [0.1, 0.15) is 5.69 Å². The van der Waals surface area contributed by atoms with Crippen molar-refractivity contribution in [3.05, 3.63) is 65.3 Å². The number of para-hydroxylation sites is 1. The average molecular weight is 389 g/mol. The van der Waals surface area contributed by atoms with Gasteiger partial charge >= 0.3 is 0 Å². The molecular formula is C16H9Cl4NS. The van der Waals surface area contributed by atoms with Gasteiger partial charge in [-0.25, -0.2) is 4.98 Å². The van der Waals surface area contributed by atoms with Crippen molar-refractivity contribution in [1.29, 1.82) is 0 Å². The topological polar surface area (TPSA) is 12.9 Å². The van der Waals surface area contributed by atoms with Gasteiger partial charge in [-0.05, 0) is 36.4 Å². The second-order valence-electron chi connectivity index (χ2n) is 4.58. The number of hydrogen-bond donors (Lipinski definition) is 0. The fourth-order valence-electron chi connectivity index (χ4n) is 2.00. The molecule has 22 heavy (non-hydrogen) atoms. The highest BCUT2D eigenvalue weighted by molar-refractivity contribution is 7.99. The van der Waals surface area contributed by atoms with Crippen LogP contribution in [-0.2, 0) is 3.79 Å². The first kappa shape index (κ1) is 16.2. The van der Waals surface area contributed by atoms with Crippen LogP contribution in [0.4, 0.5) is 0 Å². The minimum Gasteiger partial charge on any atom is -0.248 e. The Morgan fingerprint density at radius 2 is 1.59 bits per heavy atom. The monoisotopic (exact) mass is 387 g/mol. The Balaban J connectivity index is 2.12. The van der Waals surface area contributed by atoms with Crippen molar-refractivity contribution < 1.29 is 0 Å². The predicted molar refractivity (Wildman–Crippen MR) is 96.6 cm³/mol. The molecule has 0 spiro atoms. The number of halogens is 4. The molecular weight excluding hydrogens is 380 g/mol. The predicted octanol–water partition coefficient (Wildman–Crippen LogP) is 6.87. The number of benzene rings is 2. The molecule has 2 aromatic carbocycles. The van der Waals surface area contributed by atoms with Crippen molar-refractivity contribution in [3.63, 3.8) is 0 Å². The average Bonchev–Trinajstić information content (AvgIpc) is 2.48. The van der Waals surface area contributed by atoms with Gasteiger partial charge < -0.3 is 0 Å². The van der Waals surface area contributed by atoms with Crippen LogP contribution in [0, 0.1) is 0 Å². The molecule has 1 nitrogen and oxygen atoms in total. The highest BCUT2D eigenvalue weighted by atomic mass is 35.6. The van der Waals surface area contributed by atoms with E-state index in [9.17, 15) is 0 Å². The molecule has 0 atom stereocenters. The van der Waals surface area contributed by atoms with Gasteiger partial charge in [-0.1, -0.05) is 76.4 Å². The van der Waals surface area contributed by atoms with Gasteiger partial charge in [0.15, 0.2) is 0 Å². The molecule has 3 aromatic rings. The molecule has 0 aliphatic rings. The summed E-state index contributed by atoms with van der Waals surface area (Å²) < 4.78 is -1.56. The van der Waals surface area contributed by atoms with Crippen LogP contribution in [-0.4, -0.2) is 4.98 Å². The zero-order valence-corrected chi connectivity index (χ0v) is 14.9. The third-order valence-corrected chi connectivity index (χ3v) is 4.91. The number of aromatic nitrogens is 1. The molecule has 6 heteroatoms. The number of rotatable bonds is 2. The highest BCUT2D eigenvalue weighted by Gasteiger charge is 2.26. The number of fused-ring (bicyclic) bond motifs is 1. The first-order chi connectivity index (χ1) is 10.4. The molecule has 0 bridgehead atoms. The van der Waals surface area contributed by atoms with E-state index in [1.807, 2.05) is 54.6 Å². The molecule has 0 saturated heterocycles. The van der Waals surface area contributed by atoms with E-state index in [0.717, 1.165) is 20.7 Å². The van der Waals surface area contributed by atoms with Crippen molar-refractivity contribution in [2.75, 3.05) is 0 Å². The summed E-state index contributed by atoms with van der Waals surface area (Å²) in [5.41, 5.74) is 1.20. The summed E-state index contributed by atoms with van der Waals surface area (Å²) in [6, 6.07) is 17.2. The van der Waals surface area contributed by atoms with Gasteiger partial charge in [0.2, 0.25) is 3.79 Å². The van der Waals surface area contributed by atoms with Crippen molar-refractivity contribution in [3.8, 4) is 0 Å². The molecule has 0 amide bonds. The molecule has 0 radical (unpaired) electrons. The third-order valence-electron chi connectivity index (χ3n) is 3.01. The Morgan fingerprint density at radius 1 is 0.909 bits per heavy atom. The molecule has 0 fully saturated rings. The number of hydrogen-bond acceptors (Lipinski definition) is 2. The molecule has 1 heterocycles. The maximum atomic E-state index is 6.00. The Bertz CT molecular complexity index is 812. The van der Waals surface area contributed by atoms with Crippen LogP contribution in [0.2, 0.25) is 5.02 Å². The minimum absolute atomic E-state index is 0.410. The molecule has 0 N–H and O–H groups in total. The molecule has 0 unspecified atom stereocenters. The summed E-state index contributed by atoms with van der Waals surface area (Å²) in [5.74, 6) is 0. The van der Waals surface area contributed by atoms with Gasteiger partial charge in [0, 0.05) is 20.2 Å². The largest absolute Gasteiger partial charge is 0.248 e. The van der Waals surface area contributed by atoms with Crippen LogP contribution in [0.25, 0.3) is 10.9 Å². The van der Waals surface area contributed by atoms with Crippen molar-refractivity contribution in [2.24, 2.45) is 0 Å². The van der Waals surface area contributed by atoms with Crippen molar-refractivity contribution in [2.45, 2.75) is 13.6 Å². The third kappa shape index (κ3) is 3.64. The maximum absolute atomic E-state index is 6.00. The molecule has 1 aromatic heterocycles. The second-order valence-corrected chi connectivity index (χ2v) is 8.41. The summed E-state index contributed by atoms with van der Waals surface area (Å²) in [7, 11) is 0. The molecule has 0 aliphatic carbocycles. The second kappa shape index (κ2) is 6.46. The lowest BCUT2D eigenvalue weighted by Gasteiger charge is -2.14. The lowest BCUT2D eigenvalue weighted by Crippen LogP contribution is -2.04. The smallest absolute Gasteiger partial charge is 0.232 e. The lowest BCUT2D eigenvalue weighted by molar-refractivity contribution is 1.10. The number of alkyl halides is 3. The fraction of sp³-hybridized carbons (Fsp3) is 0.0625. The Hall–Kier alpha value is -0.640. The quantitative estimate of drug-likeness (QED) is 0.444. The fourth-order valence-corrected chi connectivity index (χ4v) is 3.40. The zero-order chi connectivity index (χ0) is 15.7. The lowest BCUT2D eigenvalue weighted by atomic mass is 10.2. The van der Waals surface area contributed by atoms with E-state index in [-0.39, 0.29) is 0 Å². The van der Waals surface area contributed by atoms with Gasteiger partial charge in [0.25, 0.3) is 0 Å². The first-order valence-corrected chi connectivity index (χ1v) is 8.67. The van der Waals surface area contributed by atoms with Crippen molar-refractivity contribution >= 4 is 69.1 Å². The van der Waals surface area contributed by atoms with Gasteiger partial charge in [0.05, 0.1) is 11.2 Å². The van der Waals surface area contributed by atoms with E-state index in [1.165, 1.54) is 0 Å². The molecule has 112 valence electrons. The van der Waals surface area contributed by atoms with Crippen molar-refractivity contribution in [1.82, 2.24) is 4.98 Å². The zero-order valence-electron chi connectivity index (χ0n) is 11.1. The van der Waals surface area contributed by atoms with Crippen LogP contribution in [0.5, 0.6) is 0 Å². The Kier molecular flexibility index (Phi) is 4.77. The van der Waals surface area contributed by atoms with E-state index >= 15 is 0 Å². The summed E-state index contributed by atoms with van der Waals surface area (Å²) in [6.07, 6.45) is 0. The number of nitrogens with zero attached hydrogens (tertiary/aromatic N) is 1. The van der Waals surface area contributed by atoms with Crippen LogP contribution < -0.4 is 0 Å². The minimum atomic E-state index is -1.56. The molecule has 0 saturated carbocycles. The van der Waals surface area contributed by atoms with E-state index < -0.39 is 3.79 Å². The maximum Gasteiger partial charge on any atom is 0.232 e. The van der Waals surface area contributed by atoms with Crippen LogP contribution >= 0.6 is 58.2 Å². The standard InChI is InChI=1S/C16H9Cl4NS/c17-10-5-7-11(8-6-10)22-14-9-15(16(18,19)20)21-13-4-2-1-3-12(13)14/h1-9H. The number of pyridine rings is 1. The highest BCUT2D eigenvalue weighted by Crippen LogP contribution is 2.41. The van der Waals surface area contributed by atoms with E-state index in [1.54, 1.807) is 11.8 Å². The summed E-state index contributed by atoms with van der Waals surface area (Å²) >= 11 is 25.5. The van der Waals surface area contributed by atoms with E-state index in [2.05, 4.69) is 4.98 Å². The SMILES string of the molecule is Clc1ccc(Sc2cc(C(Cl)(Cl)Cl)nc3ccccc23)cc1. The van der Waals surface area contributed by atoms with Gasteiger partial charge in [-0.3, -0.25) is 0 Å². The van der Waals surface area contributed by atoms with Crippen LogP contribution in [0.15, 0.2) is 64.4 Å². The van der Waals surface area contributed by atoms with Gasteiger partial charge in [-0.15, -0.1) is 0 Å². The first-order valence-electron chi connectivity index (χ1n) is 6.34. The molecule has 0 aliphatic heterocycles. The van der Waals surface area contributed by atoms with E-state index in [0.29, 0.717) is 10.7 Å². The molecule has 3 rings (SSSR count). The Morgan fingerprint density at radius 3 is 2.27 bits per heavy atom. The summed E-state index contributed by atoms with van der Waals surface area (Å²) in [5, 5.41) is 1.71. The Labute approximate surface area is 152 Å². The summed E-state index contributed by atoms with van der Waals surface area (Å²) in [4.78, 5) is 6.47. The normalized spacial score (nSPS) is 11.8. The van der Waals surface area contributed by atoms with Gasteiger partial charge in [0.1, 0.15) is 0 Å². The summed E-state index contributed by atoms with van der Waals surface area (Å²) in [6.45, 7) is 0. The van der Waals surface area contributed by atoms with E-state index in [4.69, 9.17) is 46.4 Å².